The number of aromatic amines is 2. The Balaban J connectivity index is 2.13. The van der Waals surface area contributed by atoms with Gasteiger partial charge in [0.15, 0.2) is 0 Å². The molecule has 4 aromatic rings. The molecule has 4 rings (SSSR count). The molecule has 2 aromatic heterocycles. The van der Waals surface area contributed by atoms with Crippen LogP contribution in [0.15, 0.2) is 59.4 Å². The van der Waals surface area contributed by atoms with Gasteiger partial charge in [0.2, 0.25) is 0 Å². The van der Waals surface area contributed by atoms with Crippen molar-refractivity contribution < 1.29 is 9.53 Å². The molecule has 26 heavy (non-hydrogen) atoms. The van der Waals surface area contributed by atoms with Crippen LogP contribution in [-0.2, 0) is 4.74 Å². The smallest absolute Gasteiger partial charge is 0.341 e. The van der Waals surface area contributed by atoms with Crippen LogP contribution in [0.1, 0.15) is 16.1 Å². The van der Waals surface area contributed by atoms with Crippen LogP contribution in [0.25, 0.3) is 28.0 Å². The fourth-order valence-corrected chi connectivity index (χ4v) is 3.28. The Bertz CT molecular complexity index is 1170. The van der Waals surface area contributed by atoms with Crippen molar-refractivity contribution in [1.29, 1.82) is 0 Å². The number of ether oxygens (including phenoxy) is 1. The molecule has 0 aliphatic rings. The van der Waals surface area contributed by atoms with E-state index in [-0.39, 0.29) is 5.69 Å². The van der Waals surface area contributed by atoms with Gasteiger partial charge in [0.05, 0.1) is 29.5 Å². The SMILES string of the molecule is COC(=O)c1c(C)[nH]c(-c2ccccc2)c1-n1c(=O)[nH]c2ccccc21. The Kier molecular flexibility index (Phi) is 3.73. The van der Waals surface area contributed by atoms with Crippen molar-refractivity contribution in [3.8, 4) is 16.9 Å². The molecule has 0 aliphatic heterocycles. The highest BCUT2D eigenvalue weighted by Crippen LogP contribution is 2.32. The summed E-state index contributed by atoms with van der Waals surface area (Å²) in [6.45, 7) is 1.79. The number of imidazole rings is 1. The van der Waals surface area contributed by atoms with Crippen molar-refractivity contribution in [2.24, 2.45) is 0 Å². The first-order chi connectivity index (χ1) is 12.6. The molecular weight excluding hydrogens is 330 g/mol. The van der Waals surface area contributed by atoms with E-state index in [1.165, 1.54) is 11.7 Å². The van der Waals surface area contributed by atoms with Gasteiger partial charge in [0, 0.05) is 11.3 Å². The molecular formula is C20H17N3O3. The third-order valence-electron chi connectivity index (χ3n) is 4.43. The summed E-state index contributed by atoms with van der Waals surface area (Å²) in [5, 5.41) is 0. The Morgan fingerprint density at radius 2 is 1.69 bits per heavy atom. The molecule has 130 valence electrons. The molecule has 2 heterocycles. The maximum Gasteiger partial charge on any atom is 0.341 e. The topological polar surface area (TPSA) is 79.9 Å². The van der Waals surface area contributed by atoms with Gasteiger partial charge in [-0.15, -0.1) is 0 Å². The molecule has 2 N–H and O–H groups in total. The summed E-state index contributed by atoms with van der Waals surface area (Å²) in [7, 11) is 1.33. The third kappa shape index (κ3) is 2.35. The number of hydrogen-bond donors (Lipinski definition) is 2. The maximum atomic E-state index is 12.7. The molecule has 0 aliphatic carbocycles. The van der Waals surface area contributed by atoms with E-state index < -0.39 is 5.97 Å². The number of esters is 1. The molecule has 0 atom stereocenters. The first-order valence-corrected chi connectivity index (χ1v) is 8.18. The van der Waals surface area contributed by atoms with Gasteiger partial charge in [-0.05, 0) is 19.1 Å². The lowest BCUT2D eigenvalue weighted by atomic mass is 10.1. The average molecular weight is 347 g/mol. The fourth-order valence-electron chi connectivity index (χ4n) is 3.28. The Morgan fingerprint density at radius 3 is 2.42 bits per heavy atom. The van der Waals surface area contributed by atoms with Crippen molar-refractivity contribution in [3.63, 3.8) is 0 Å². The van der Waals surface area contributed by atoms with Gasteiger partial charge in [-0.2, -0.15) is 0 Å². The van der Waals surface area contributed by atoms with Crippen LogP contribution in [-0.4, -0.2) is 27.6 Å². The first kappa shape index (κ1) is 16.0. The third-order valence-corrected chi connectivity index (χ3v) is 4.43. The van der Waals surface area contributed by atoms with Crippen molar-refractivity contribution in [3.05, 3.63) is 76.3 Å². The zero-order valence-corrected chi connectivity index (χ0v) is 14.4. The van der Waals surface area contributed by atoms with Gasteiger partial charge < -0.3 is 14.7 Å². The Hall–Kier alpha value is -3.54. The van der Waals surface area contributed by atoms with E-state index in [1.807, 2.05) is 54.6 Å². The fraction of sp³-hybridized carbons (Fsp3) is 0.100. The number of aryl methyl sites for hydroxylation is 1. The highest BCUT2D eigenvalue weighted by Gasteiger charge is 2.26. The normalized spacial score (nSPS) is 11.0. The highest BCUT2D eigenvalue weighted by molar-refractivity contribution is 5.99. The molecule has 0 fully saturated rings. The quantitative estimate of drug-likeness (QED) is 0.557. The molecule has 0 bridgehead atoms. The van der Waals surface area contributed by atoms with Gasteiger partial charge in [-0.1, -0.05) is 42.5 Å². The molecule has 0 saturated heterocycles. The Morgan fingerprint density at radius 1 is 1.00 bits per heavy atom. The summed E-state index contributed by atoms with van der Waals surface area (Å²) in [6, 6.07) is 17.0. The lowest BCUT2D eigenvalue weighted by molar-refractivity contribution is 0.0600. The van der Waals surface area contributed by atoms with Crippen LogP contribution in [0.4, 0.5) is 0 Å². The highest BCUT2D eigenvalue weighted by atomic mass is 16.5. The van der Waals surface area contributed by atoms with Gasteiger partial charge in [-0.3, -0.25) is 4.57 Å². The predicted molar refractivity (Wildman–Crippen MR) is 99.8 cm³/mol. The summed E-state index contributed by atoms with van der Waals surface area (Å²) in [5.74, 6) is -0.492. The van der Waals surface area contributed by atoms with E-state index in [4.69, 9.17) is 4.74 Å². The van der Waals surface area contributed by atoms with Gasteiger partial charge >= 0.3 is 11.7 Å². The lowest BCUT2D eigenvalue weighted by Crippen LogP contribution is -2.18. The number of rotatable bonds is 3. The number of methoxy groups -OCH3 is 1. The molecule has 6 heteroatoms. The average Bonchev–Trinajstić information content (AvgIpc) is 3.17. The monoisotopic (exact) mass is 347 g/mol. The van der Waals surface area contributed by atoms with E-state index >= 15 is 0 Å². The second-order valence-corrected chi connectivity index (χ2v) is 5.99. The molecule has 6 nitrogen and oxygen atoms in total. The second-order valence-electron chi connectivity index (χ2n) is 5.99. The molecule has 0 amide bonds. The molecule has 2 aromatic carbocycles. The van der Waals surface area contributed by atoms with Crippen LogP contribution < -0.4 is 5.69 Å². The van der Waals surface area contributed by atoms with E-state index in [9.17, 15) is 9.59 Å². The van der Waals surface area contributed by atoms with Crippen molar-refractivity contribution in [2.45, 2.75) is 6.92 Å². The van der Waals surface area contributed by atoms with Crippen molar-refractivity contribution >= 4 is 17.0 Å². The van der Waals surface area contributed by atoms with E-state index in [2.05, 4.69) is 9.97 Å². The van der Waals surface area contributed by atoms with Gasteiger partial charge in [0.25, 0.3) is 0 Å². The summed E-state index contributed by atoms with van der Waals surface area (Å²) < 4.78 is 6.49. The van der Waals surface area contributed by atoms with Gasteiger partial charge in [0.1, 0.15) is 5.56 Å². The second kappa shape index (κ2) is 6.07. The molecule has 0 spiro atoms. The lowest BCUT2D eigenvalue weighted by Gasteiger charge is -2.09. The van der Waals surface area contributed by atoms with Crippen LogP contribution >= 0.6 is 0 Å². The number of fused-ring (bicyclic) bond motifs is 1. The zero-order chi connectivity index (χ0) is 18.3. The van der Waals surface area contributed by atoms with Crippen LogP contribution in [0.5, 0.6) is 0 Å². The molecule has 0 radical (unpaired) electrons. The number of aromatic nitrogens is 3. The van der Waals surface area contributed by atoms with E-state index in [0.717, 1.165) is 5.56 Å². The van der Waals surface area contributed by atoms with Crippen LogP contribution in [0.2, 0.25) is 0 Å². The zero-order valence-electron chi connectivity index (χ0n) is 14.4. The Labute approximate surface area is 149 Å². The standard InChI is InChI=1S/C20H17N3O3/c1-12-16(19(24)26-2)18(17(21-12)13-8-4-3-5-9-13)23-15-11-7-6-10-14(15)22-20(23)25/h3-11,21H,1-2H3,(H,22,25). The number of para-hydroxylation sites is 2. The minimum Gasteiger partial charge on any atom is -0.465 e. The van der Waals surface area contributed by atoms with E-state index in [1.54, 1.807) is 6.92 Å². The summed E-state index contributed by atoms with van der Waals surface area (Å²) >= 11 is 0. The maximum absolute atomic E-state index is 12.7. The first-order valence-electron chi connectivity index (χ1n) is 8.18. The minimum absolute atomic E-state index is 0.312. The summed E-state index contributed by atoms with van der Waals surface area (Å²) in [5.41, 5.74) is 4.12. The minimum atomic E-state index is -0.492. The van der Waals surface area contributed by atoms with Crippen molar-refractivity contribution in [1.82, 2.24) is 14.5 Å². The number of carbonyl (C=O) groups excluding carboxylic acids is 1. The number of carbonyl (C=O) groups is 1. The number of benzene rings is 2. The summed E-state index contributed by atoms with van der Waals surface area (Å²) in [4.78, 5) is 31.3. The number of H-pyrrole nitrogens is 2. The van der Waals surface area contributed by atoms with Crippen LogP contribution in [0.3, 0.4) is 0 Å². The van der Waals surface area contributed by atoms with Gasteiger partial charge in [-0.25, -0.2) is 9.59 Å². The number of nitrogens with zero attached hydrogens (tertiary/aromatic N) is 1. The van der Waals surface area contributed by atoms with Crippen molar-refractivity contribution in [2.75, 3.05) is 7.11 Å². The summed E-state index contributed by atoms with van der Waals surface area (Å²) in [6.07, 6.45) is 0. The molecule has 0 unspecified atom stereocenters. The number of hydrogen-bond acceptors (Lipinski definition) is 3. The van der Waals surface area contributed by atoms with Crippen LogP contribution in [0, 0.1) is 6.92 Å². The number of nitrogens with one attached hydrogen (secondary N) is 2. The van der Waals surface area contributed by atoms with E-state index in [0.29, 0.717) is 33.7 Å². The predicted octanol–water partition coefficient (Wildman–Crippen LogP) is 3.41. The largest absolute Gasteiger partial charge is 0.465 e. The molecule has 0 saturated carbocycles.